The first-order valence-electron chi connectivity index (χ1n) is 3.35. The number of hydrogen-bond donors (Lipinski definition) is 2. The van der Waals surface area contributed by atoms with Crippen molar-refractivity contribution in [3.8, 4) is 11.5 Å². The smallest absolute Gasteiger partial charge is 0.350 e. The Labute approximate surface area is 76.1 Å². The van der Waals surface area contributed by atoms with Crippen LogP contribution in [0.2, 0.25) is 0 Å². The Kier molecular flexibility index (Phi) is 2.30. The quantitative estimate of drug-likeness (QED) is 0.465. The average molecular weight is 198 g/mol. The van der Waals surface area contributed by atoms with Crippen LogP contribution in [0, 0.1) is 0 Å². The summed E-state index contributed by atoms with van der Waals surface area (Å²) in [6.45, 7) is 0. The van der Waals surface area contributed by atoms with E-state index in [2.05, 4.69) is 9.97 Å². The fourth-order valence-corrected chi connectivity index (χ4v) is 0.953. The Morgan fingerprint density at radius 3 is 2.86 bits per heavy atom. The summed E-state index contributed by atoms with van der Waals surface area (Å²) in [7, 11) is 0. The first-order chi connectivity index (χ1) is 6.18. The molecule has 74 valence electrons. The lowest BCUT2D eigenvalue weighted by atomic mass is 10.4. The second kappa shape index (κ2) is 3.26. The minimum absolute atomic E-state index is 0. The van der Waals surface area contributed by atoms with Gasteiger partial charge in [-0.3, -0.25) is 9.78 Å². The molecule has 2 aliphatic rings. The van der Waals surface area contributed by atoms with Crippen LogP contribution in [-0.2, 0) is 0 Å². The van der Waals surface area contributed by atoms with Gasteiger partial charge in [-0.2, -0.15) is 9.71 Å². The summed E-state index contributed by atoms with van der Waals surface area (Å²) in [6.07, 6.45) is 2.40. The molecule has 0 radical (unpaired) electrons. The molecule has 4 N–H and O–H groups in total. The van der Waals surface area contributed by atoms with Crippen LogP contribution < -0.4 is 11.2 Å². The number of aromatic amines is 1. The van der Waals surface area contributed by atoms with Crippen molar-refractivity contribution in [3.05, 3.63) is 33.2 Å². The van der Waals surface area contributed by atoms with Crippen LogP contribution in [-0.4, -0.2) is 30.4 Å². The Morgan fingerprint density at radius 2 is 2.14 bits per heavy atom. The van der Waals surface area contributed by atoms with Crippen LogP contribution in [0.3, 0.4) is 0 Å². The molecule has 14 heavy (non-hydrogen) atoms. The lowest BCUT2D eigenvalue weighted by Crippen LogP contribution is -2.27. The number of rotatable bonds is 0. The van der Waals surface area contributed by atoms with Crippen molar-refractivity contribution in [1.82, 2.24) is 19.7 Å². The van der Waals surface area contributed by atoms with Crippen LogP contribution in [0.25, 0.3) is 11.5 Å². The normalized spacial score (nSPS) is 9.71. The molecule has 2 aliphatic heterocycles. The van der Waals surface area contributed by atoms with Gasteiger partial charge in [0.25, 0.3) is 5.56 Å². The molecular weight excluding hydrogens is 192 g/mol. The van der Waals surface area contributed by atoms with Crippen molar-refractivity contribution in [2.75, 3.05) is 0 Å². The molecule has 0 aromatic rings. The summed E-state index contributed by atoms with van der Waals surface area (Å²) in [5, 5.41) is 9.14. The minimum Gasteiger partial charge on any atom is -0.427 e. The second-order valence-corrected chi connectivity index (χ2v) is 2.32. The molecule has 8 heteroatoms. The fourth-order valence-electron chi connectivity index (χ4n) is 0.953. The van der Waals surface area contributed by atoms with E-state index in [1.807, 2.05) is 4.98 Å². The van der Waals surface area contributed by atoms with E-state index in [0.29, 0.717) is 4.73 Å². The largest absolute Gasteiger partial charge is 0.427 e. The van der Waals surface area contributed by atoms with E-state index in [9.17, 15) is 9.59 Å². The summed E-state index contributed by atoms with van der Waals surface area (Å²) in [5.41, 5.74) is -1.56. The summed E-state index contributed by atoms with van der Waals surface area (Å²) < 4.78 is 0.568. The Morgan fingerprint density at radius 1 is 1.43 bits per heavy atom. The molecule has 8 nitrogen and oxygen atoms in total. The van der Waals surface area contributed by atoms with Crippen molar-refractivity contribution in [2.45, 2.75) is 0 Å². The highest BCUT2D eigenvalue weighted by Crippen LogP contribution is 2.05. The molecular formula is C6H6N4O4. The third-order valence-electron chi connectivity index (χ3n) is 1.48. The topological polar surface area (TPSA) is 132 Å². The van der Waals surface area contributed by atoms with Gasteiger partial charge in [0.2, 0.25) is 5.82 Å². The van der Waals surface area contributed by atoms with E-state index in [0.717, 1.165) is 0 Å². The van der Waals surface area contributed by atoms with Gasteiger partial charge in [-0.15, -0.1) is 0 Å². The molecule has 0 unspecified atom stereocenters. The number of fused-ring (bicyclic) bond motifs is 1. The first kappa shape index (κ1) is 9.86. The summed E-state index contributed by atoms with van der Waals surface area (Å²) in [6, 6.07) is 0. The predicted octanol–water partition coefficient (Wildman–Crippen LogP) is -2.16. The monoisotopic (exact) mass is 198 g/mol. The maximum Gasteiger partial charge on any atom is 0.350 e. The molecule has 0 saturated carbocycles. The Balaban J connectivity index is 0.000000980. The minimum atomic E-state index is -0.812. The molecule has 0 amide bonds. The van der Waals surface area contributed by atoms with Gasteiger partial charge in [0.1, 0.15) is 0 Å². The van der Waals surface area contributed by atoms with Crippen LogP contribution in [0.15, 0.2) is 22.0 Å². The van der Waals surface area contributed by atoms with E-state index in [4.69, 9.17) is 5.21 Å². The van der Waals surface area contributed by atoms with Crippen LogP contribution in [0.1, 0.15) is 0 Å². The summed E-state index contributed by atoms with van der Waals surface area (Å²) >= 11 is 0. The van der Waals surface area contributed by atoms with E-state index < -0.39 is 11.2 Å². The highest BCUT2D eigenvalue weighted by atomic mass is 16.5. The lowest BCUT2D eigenvalue weighted by molar-refractivity contribution is 0.185. The zero-order valence-electron chi connectivity index (χ0n) is 6.76. The van der Waals surface area contributed by atoms with Crippen molar-refractivity contribution in [2.24, 2.45) is 0 Å². The third kappa shape index (κ3) is 1.33. The summed E-state index contributed by atoms with van der Waals surface area (Å²) in [4.78, 5) is 30.8. The van der Waals surface area contributed by atoms with Gasteiger partial charge < -0.3 is 10.7 Å². The number of aromatic nitrogens is 4. The molecule has 0 spiro atoms. The number of H-pyrrole nitrogens is 1. The molecule has 0 saturated heterocycles. The molecule has 0 aromatic heterocycles. The van der Waals surface area contributed by atoms with Gasteiger partial charge in [-0.25, -0.2) is 9.78 Å². The van der Waals surface area contributed by atoms with Crippen molar-refractivity contribution >= 4 is 0 Å². The first-order valence-corrected chi connectivity index (χ1v) is 3.35. The van der Waals surface area contributed by atoms with Gasteiger partial charge in [-0.05, 0) is 0 Å². The van der Waals surface area contributed by atoms with E-state index >= 15 is 0 Å². The number of nitrogens with one attached hydrogen (secondary N) is 1. The Hall–Kier alpha value is -2.22. The SMILES string of the molecule is O.O=c1nc2n(O)ccnc-2c(=O)[nH]1. The lowest BCUT2D eigenvalue weighted by Gasteiger charge is -2.03. The maximum absolute atomic E-state index is 11.1. The highest BCUT2D eigenvalue weighted by Gasteiger charge is 2.13. The van der Waals surface area contributed by atoms with Crippen LogP contribution in [0.5, 0.6) is 0 Å². The van der Waals surface area contributed by atoms with E-state index in [-0.39, 0.29) is 17.0 Å². The molecule has 0 fully saturated rings. The molecule has 2 heterocycles. The number of hydrogen-bond acceptors (Lipinski definition) is 5. The average Bonchev–Trinajstić information content (AvgIpc) is 2.07. The summed E-state index contributed by atoms with van der Waals surface area (Å²) in [5.74, 6) is -0.156. The molecule has 0 aromatic carbocycles. The molecule has 2 rings (SSSR count). The fraction of sp³-hybridized carbons (Fsp3) is 0. The second-order valence-electron chi connectivity index (χ2n) is 2.32. The standard InChI is InChI=1S/C6H4N4O3.H2O/c11-5-3-4(8-6(12)9-5)10(13)2-1-7-3;/h1-2,13H,(H,9,11,12);1H2. The molecule has 0 bridgehead atoms. The Bertz CT molecular complexity index is 530. The van der Waals surface area contributed by atoms with Gasteiger partial charge in [-0.1, -0.05) is 0 Å². The van der Waals surface area contributed by atoms with Crippen molar-refractivity contribution in [3.63, 3.8) is 0 Å². The maximum atomic E-state index is 11.1. The number of nitrogens with zero attached hydrogens (tertiary/aromatic N) is 3. The molecule has 0 aliphatic carbocycles. The van der Waals surface area contributed by atoms with Gasteiger partial charge in [0, 0.05) is 6.20 Å². The van der Waals surface area contributed by atoms with Gasteiger partial charge in [0.05, 0.1) is 6.20 Å². The zero-order chi connectivity index (χ0) is 9.42. The van der Waals surface area contributed by atoms with Crippen LogP contribution >= 0.6 is 0 Å². The van der Waals surface area contributed by atoms with Gasteiger partial charge in [0.15, 0.2) is 5.69 Å². The van der Waals surface area contributed by atoms with Crippen molar-refractivity contribution in [1.29, 1.82) is 0 Å². The highest BCUT2D eigenvalue weighted by molar-refractivity contribution is 5.47. The van der Waals surface area contributed by atoms with Gasteiger partial charge >= 0.3 is 5.69 Å². The van der Waals surface area contributed by atoms with E-state index in [1.165, 1.54) is 12.4 Å². The van der Waals surface area contributed by atoms with Crippen molar-refractivity contribution < 1.29 is 10.7 Å². The van der Waals surface area contributed by atoms with E-state index in [1.54, 1.807) is 0 Å². The molecule has 0 atom stereocenters. The van der Waals surface area contributed by atoms with Crippen LogP contribution in [0.4, 0.5) is 0 Å². The predicted molar refractivity (Wildman–Crippen MR) is 44.3 cm³/mol. The zero-order valence-corrected chi connectivity index (χ0v) is 6.76. The third-order valence-corrected chi connectivity index (χ3v) is 1.48.